The van der Waals surface area contributed by atoms with Gasteiger partial charge in [-0.25, -0.2) is 4.39 Å². The number of ether oxygens (including phenoxy) is 1. The van der Waals surface area contributed by atoms with Crippen molar-refractivity contribution >= 4 is 0 Å². The van der Waals surface area contributed by atoms with Crippen LogP contribution in [0.5, 0.6) is 5.75 Å². The van der Waals surface area contributed by atoms with Gasteiger partial charge in [-0.2, -0.15) is 0 Å². The number of hydrogen-bond acceptors (Lipinski definition) is 1. The van der Waals surface area contributed by atoms with Crippen LogP contribution in [0.2, 0.25) is 0 Å². The monoisotopic (exact) mass is 205 g/mol. The summed E-state index contributed by atoms with van der Waals surface area (Å²) in [6.45, 7) is 2.35. The van der Waals surface area contributed by atoms with Crippen LogP contribution in [0, 0.1) is 23.7 Å². The summed E-state index contributed by atoms with van der Waals surface area (Å²) in [6, 6.07) is 7.29. The Morgan fingerprint density at radius 1 is 1.47 bits per heavy atom. The molecule has 1 nitrogen and oxygen atoms in total. The molecule has 0 aliphatic rings. The van der Waals surface area contributed by atoms with Crippen LogP contribution < -0.4 is 4.74 Å². The van der Waals surface area contributed by atoms with E-state index in [9.17, 15) is 4.39 Å². The molecule has 0 bridgehead atoms. The Balaban J connectivity index is 2.19. The molecule has 1 aromatic carbocycles. The highest BCUT2D eigenvalue weighted by atomic mass is 19.1. The van der Waals surface area contributed by atoms with Gasteiger partial charge in [-0.1, -0.05) is 12.1 Å². The van der Waals surface area contributed by atoms with Gasteiger partial charge in [0.2, 0.25) is 0 Å². The zero-order chi connectivity index (χ0) is 10.9. The lowest BCUT2D eigenvalue weighted by Gasteiger charge is -2.05. The summed E-state index contributed by atoms with van der Waals surface area (Å²) in [5.74, 6) is 5.65. The van der Waals surface area contributed by atoms with Gasteiger partial charge in [0.15, 0.2) is 11.6 Å². The van der Waals surface area contributed by atoms with E-state index in [0.29, 0.717) is 6.61 Å². The standard InChI is InChI=1S/C13H14FO/c1-2-3-4-5-8-11-15-13-10-7-6-9-12(13)14/h6-7,10H,4-5,8,11H2,1H3. The lowest BCUT2D eigenvalue weighted by Crippen LogP contribution is -1.98. The summed E-state index contributed by atoms with van der Waals surface area (Å²) in [7, 11) is 0. The van der Waals surface area contributed by atoms with E-state index in [2.05, 4.69) is 17.9 Å². The molecule has 0 aliphatic carbocycles. The van der Waals surface area contributed by atoms with Crippen molar-refractivity contribution < 1.29 is 9.13 Å². The average molecular weight is 205 g/mol. The highest BCUT2D eigenvalue weighted by molar-refractivity contribution is 5.22. The fraction of sp³-hybridized carbons (Fsp3) is 0.385. The van der Waals surface area contributed by atoms with Crippen molar-refractivity contribution in [2.75, 3.05) is 6.61 Å². The summed E-state index contributed by atoms with van der Waals surface area (Å²) < 4.78 is 18.3. The summed E-state index contributed by atoms with van der Waals surface area (Å²) >= 11 is 0. The van der Waals surface area contributed by atoms with Gasteiger partial charge in [-0.3, -0.25) is 0 Å². The quantitative estimate of drug-likeness (QED) is 0.530. The fourth-order valence-corrected chi connectivity index (χ4v) is 1.14. The Bertz CT molecular complexity index is 349. The Morgan fingerprint density at radius 2 is 2.33 bits per heavy atom. The minimum atomic E-state index is -0.425. The van der Waals surface area contributed by atoms with Gasteiger partial charge in [-0.15, -0.1) is 11.8 Å². The zero-order valence-electron chi connectivity index (χ0n) is 8.85. The molecule has 0 atom stereocenters. The van der Waals surface area contributed by atoms with Gasteiger partial charge in [0, 0.05) is 12.5 Å². The van der Waals surface area contributed by atoms with Gasteiger partial charge >= 0.3 is 0 Å². The van der Waals surface area contributed by atoms with Crippen molar-refractivity contribution in [3.8, 4) is 17.6 Å². The van der Waals surface area contributed by atoms with Crippen molar-refractivity contribution in [3.05, 3.63) is 30.1 Å². The molecular weight excluding hydrogens is 191 g/mol. The first-order valence-corrected chi connectivity index (χ1v) is 5.03. The molecule has 0 heterocycles. The predicted octanol–water partition coefficient (Wildman–Crippen LogP) is 3.20. The van der Waals surface area contributed by atoms with Crippen molar-refractivity contribution in [1.82, 2.24) is 0 Å². The van der Waals surface area contributed by atoms with Crippen LogP contribution >= 0.6 is 0 Å². The maximum Gasteiger partial charge on any atom is 0.172 e. The number of halogens is 1. The maximum absolute atomic E-state index is 13.0. The lowest BCUT2D eigenvalue weighted by molar-refractivity contribution is 0.292. The van der Waals surface area contributed by atoms with E-state index < -0.39 is 5.82 Å². The van der Waals surface area contributed by atoms with E-state index in [-0.39, 0.29) is 5.75 Å². The second kappa shape index (κ2) is 6.89. The van der Waals surface area contributed by atoms with E-state index >= 15 is 0 Å². The number of hydrogen-bond donors (Lipinski definition) is 0. The Kier molecular flexibility index (Phi) is 5.32. The van der Waals surface area contributed by atoms with Gasteiger partial charge in [0.25, 0.3) is 0 Å². The van der Waals surface area contributed by atoms with Crippen molar-refractivity contribution in [1.29, 1.82) is 0 Å². The first-order valence-electron chi connectivity index (χ1n) is 5.03. The molecule has 1 radical (unpaired) electrons. The van der Waals surface area contributed by atoms with Crippen LogP contribution in [0.25, 0.3) is 0 Å². The zero-order valence-corrected chi connectivity index (χ0v) is 8.85. The minimum Gasteiger partial charge on any atom is -0.490 e. The Labute approximate surface area is 90.3 Å². The summed E-state index contributed by atoms with van der Waals surface area (Å²) in [6.07, 6.45) is 2.76. The van der Waals surface area contributed by atoms with Crippen molar-refractivity contribution in [2.45, 2.75) is 26.2 Å². The summed E-state index contributed by atoms with van der Waals surface area (Å²) in [5, 5.41) is 0. The normalized spacial score (nSPS) is 9.20. The van der Waals surface area contributed by atoms with Crippen LogP contribution in [-0.4, -0.2) is 6.61 Å². The number of benzene rings is 1. The molecule has 0 fully saturated rings. The van der Waals surface area contributed by atoms with E-state index in [0.717, 1.165) is 19.3 Å². The average Bonchev–Trinajstić information content (AvgIpc) is 2.25. The van der Waals surface area contributed by atoms with Gasteiger partial charge in [-0.05, 0) is 25.8 Å². The smallest absolute Gasteiger partial charge is 0.172 e. The van der Waals surface area contributed by atoms with Crippen LogP contribution in [0.4, 0.5) is 4.39 Å². The molecule has 0 aromatic heterocycles. The third-order valence-corrected chi connectivity index (χ3v) is 1.90. The van der Waals surface area contributed by atoms with Gasteiger partial charge < -0.3 is 4.74 Å². The highest BCUT2D eigenvalue weighted by Crippen LogP contribution is 2.15. The highest BCUT2D eigenvalue weighted by Gasteiger charge is 2.00. The third kappa shape index (κ3) is 4.51. The Morgan fingerprint density at radius 3 is 3.07 bits per heavy atom. The number of rotatable bonds is 5. The lowest BCUT2D eigenvalue weighted by atomic mass is 10.2. The molecule has 0 spiro atoms. The first kappa shape index (κ1) is 11.6. The third-order valence-electron chi connectivity index (χ3n) is 1.90. The molecule has 79 valence electrons. The number of unbranched alkanes of at least 4 members (excludes halogenated alkanes) is 2. The Hall–Kier alpha value is -1.49. The fourth-order valence-electron chi connectivity index (χ4n) is 1.14. The summed E-state index contributed by atoms with van der Waals surface area (Å²) in [5.41, 5.74) is 0. The molecule has 0 amide bonds. The molecule has 0 aliphatic heterocycles. The van der Waals surface area contributed by atoms with E-state index in [1.807, 2.05) is 6.92 Å². The van der Waals surface area contributed by atoms with E-state index in [1.165, 1.54) is 6.07 Å². The van der Waals surface area contributed by atoms with Gasteiger partial charge in [0.1, 0.15) is 0 Å². The molecule has 0 saturated heterocycles. The van der Waals surface area contributed by atoms with Crippen LogP contribution in [0.15, 0.2) is 18.2 Å². The molecule has 2 heteroatoms. The van der Waals surface area contributed by atoms with Crippen LogP contribution in [0.1, 0.15) is 26.2 Å². The van der Waals surface area contributed by atoms with Crippen molar-refractivity contribution in [2.24, 2.45) is 0 Å². The van der Waals surface area contributed by atoms with E-state index in [4.69, 9.17) is 4.74 Å². The van der Waals surface area contributed by atoms with Crippen molar-refractivity contribution in [3.63, 3.8) is 0 Å². The SMILES string of the molecule is CC#CCCCCOc1ccc[c]c1F. The molecule has 15 heavy (non-hydrogen) atoms. The molecule has 0 unspecified atom stereocenters. The molecular formula is C13H14FO. The second-order valence-corrected chi connectivity index (χ2v) is 3.08. The molecule has 1 aromatic rings. The summed E-state index contributed by atoms with van der Waals surface area (Å²) in [4.78, 5) is 0. The largest absolute Gasteiger partial charge is 0.490 e. The molecule has 0 N–H and O–H groups in total. The second-order valence-electron chi connectivity index (χ2n) is 3.08. The molecule has 1 rings (SSSR count). The molecule has 0 saturated carbocycles. The van der Waals surface area contributed by atoms with Gasteiger partial charge in [0.05, 0.1) is 6.61 Å². The van der Waals surface area contributed by atoms with Crippen LogP contribution in [-0.2, 0) is 0 Å². The minimum absolute atomic E-state index is 0.277. The maximum atomic E-state index is 13.0. The van der Waals surface area contributed by atoms with Crippen LogP contribution in [0.3, 0.4) is 0 Å². The topological polar surface area (TPSA) is 9.23 Å². The first-order chi connectivity index (χ1) is 7.34. The predicted molar refractivity (Wildman–Crippen MR) is 58.0 cm³/mol. The van der Waals surface area contributed by atoms with E-state index in [1.54, 1.807) is 12.1 Å².